The van der Waals surface area contributed by atoms with Gasteiger partial charge in [-0.1, -0.05) is 11.6 Å². The van der Waals surface area contributed by atoms with Crippen molar-refractivity contribution in [3.05, 3.63) is 35.6 Å². The van der Waals surface area contributed by atoms with Crippen molar-refractivity contribution in [3.8, 4) is 0 Å². The number of aliphatic hydroxyl groups is 1. The lowest BCUT2D eigenvalue weighted by Gasteiger charge is -2.09. The third kappa shape index (κ3) is 2.74. The van der Waals surface area contributed by atoms with Gasteiger partial charge in [0.25, 0.3) is 5.91 Å². The summed E-state index contributed by atoms with van der Waals surface area (Å²) in [5.41, 5.74) is 1.57. The fourth-order valence-corrected chi connectivity index (χ4v) is 1.69. The van der Waals surface area contributed by atoms with Gasteiger partial charge in [0.2, 0.25) is 0 Å². The number of fused-ring (bicyclic) bond motifs is 1. The number of aliphatic hydroxyl groups excluding tert-OH is 1. The summed E-state index contributed by atoms with van der Waals surface area (Å²) < 4.78 is 5.32. The second-order valence-corrected chi connectivity index (χ2v) is 4.20. The summed E-state index contributed by atoms with van der Waals surface area (Å²) in [6.45, 7) is 1.23. The Morgan fingerprint density at radius 1 is 1.37 bits per heavy atom. The zero-order chi connectivity index (χ0) is 14.0. The molecule has 0 bridgehead atoms. The van der Waals surface area contributed by atoms with Crippen LogP contribution in [0.5, 0.6) is 0 Å². The predicted octanol–water partition coefficient (Wildman–Crippen LogP) is 0.917. The van der Waals surface area contributed by atoms with Crippen molar-refractivity contribution in [1.29, 1.82) is 0 Å². The number of aliphatic carboxylic acids is 1. The zero-order valence-electron chi connectivity index (χ0n) is 10.2. The number of rotatable bonds is 4. The molecule has 6 nitrogen and oxygen atoms in total. The SMILES string of the molecule is Cc1ccc2oc(C(=O)N[C@H](CO)C(=O)O)cc2c1. The van der Waals surface area contributed by atoms with Crippen molar-refractivity contribution >= 4 is 22.8 Å². The van der Waals surface area contributed by atoms with Gasteiger partial charge in [0.05, 0.1) is 6.61 Å². The Hall–Kier alpha value is -2.34. The molecule has 0 unspecified atom stereocenters. The largest absolute Gasteiger partial charge is 0.480 e. The van der Waals surface area contributed by atoms with E-state index in [9.17, 15) is 9.59 Å². The van der Waals surface area contributed by atoms with Gasteiger partial charge in [-0.3, -0.25) is 4.79 Å². The fraction of sp³-hybridized carbons (Fsp3) is 0.231. The summed E-state index contributed by atoms with van der Waals surface area (Å²) in [4.78, 5) is 22.5. The number of carbonyl (C=O) groups excluding carboxylic acids is 1. The smallest absolute Gasteiger partial charge is 0.328 e. The van der Waals surface area contributed by atoms with Crippen molar-refractivity contribution in [2.45, 2.75) is 13.0 Å². The maximum Gasteiger partial charge on any atom is 0.328 e. The van der Waals surface area contributed by atoms with E-state index in [4.69, 9.17) is 14.6 Å². The average molecular weight is 263 g/mol. The summed E-state index contributed by atoms with van der Waals surface area (Å²) in [5.74, 6) is -1.96. The molecule has 2 rings (SSSR count). The molecule has 6 heteroatoms. The summed E-state index contributed by atoms with van der Waals surface area (Å²) in [6, 6.07) is 5.63. The van der Waals surface area contributed by atoms with Gasteiger partial charge in [-0.05, 0) is 25.1 Å². The van der Waals surface area contributed by atoms with Crippen LogP contribution in [0.1, 0.15) is 16.1 Å². The molecule has 0 aliphatic heterocycles. The number of hydrogen-bond donors (Lipinski definition) is 3. The van der Waals surface area contributed by atoms with Gasteiger partial charge in [0, 0.05) is 5.39 Å². The van der Waals surface area contributed by atoms with Crippen LogP contribution >= 0.6 is 0 Å². The van der Waals surface area contributed by atoms with E-state index in [-0.39, 0.29) is 5.76 Å². The lowest BCUT2D eigenvalue weighted by Crippen LogP contribution is -2.43. The first-order chi connectivity index (χ1) is 9.01. The molecule has 0 radical (unpaired) electrons. The van der Waals surface area contributed by atoms with Crippen LogP contribution in [0, 0.1) is 6.92 Å². The van der Waals surface area contributed by atoms with Gasteiger partial charge < -0.3 is 19.9 Å². The van der Waals surface area contributed by atoms with Crippen LogP contribution in [-0.4, -0.2) is 34.7 Å². The minimum absolute atomic E-state index is 0.0142. The first kappa shape index (κ1) is 13.1. The van der Waals surface area contributed by atoms with E-state index >= 15 is 0 Å². The minimum atomic E-state index is -1.34. The van der Waals surface area contributed by atoms with E-state index in [1.54, 1.807) is 6.07 Å². The molecular weight excluding hydrogens is 250 g/mol. The van der Waals surface area contributed by atoms with Gasteiger partial charge in [-0.2, -0.15) is 0 Å². The Balaban J connectivity index is 2.24. The third-order valence-electron chi connectivity index (χ3n) is 2.68. The number of hydrogen-bond acceptors (Lipinski definition) is 4. The number of carboxylic acid groups (broad SMARTS) is 1. The molecular formula is C13H13NO5. The summed E-state index contributed by atoms with van der Waals surface area (Å²) in [7, 11) is 0. The minimum Gasteiger partial charge on any atom is -0.480 e. The molecule has 100 valence electrons. The lowest BCUT2D eigenvalue weighted by molar-refractivity contribution is -0.140. The molecule has 19 heavy (non-hydrogen) atoms. The highest BCUT2D eigenvalue weighted by Gasteiger charge is 2.21. The molecule has 1 heterocycles. The van der Waals surface area contributed by atoms with E-state index < -0.39 is 24.5 Å². The van der Waals surface area contributed by atoms with Gasteiger partial charge in [0.15, 0.2) is 11.8 Å². The number of carbonyl (C=O) groups is 2. The second-order valence-electron chi connectivity index (χ2n) is 4.20. The van der Waals surface area contributed by atoms with E-state index in [1.165, 1.54) is 6.07 Å². The maximum absolute atomic E-state index is 11.8. The van der Waals surface area contributed by atoms with Gasteiger partial charge in [0.1, 0.15) is 5.58 Å². The predicted molar refractivity (Wildman–Crippen MR) is 66.9 cm³/mol. The molecule has 1 atom stereocenters. The molecule has 0 aliphatic carbocycles. The van der Waals surface area contributed by atoms with Crippen LogP contribution in [0.4, 0.5) is 0 Å². The quantitative estimate of drug-likeness (QED) is 0.761. The average Bonchev–Trinajstić information content (AvgIpc) is 2.78. The summed E-state index contributed by atoms with van der Waals surface area (Å²) >= 11 is 0. The molecule has 1 aromatic carbocycles. The highest BCUT2D eigenvalue weighted by Crippen LogP contribution is 2.20. The number of benzene rings is 1. The number of carboxylic acids is 1. The van der Waals surface area contributed by atoms with Crippen LogP contribution in [-0.2, 0) is 4.79 Å². The molecule has 0 fully saturated rings. The van der Waals surface area contributed by atoms with Crippen LogP contribution < -0.4 is 5.32 Å². The van der Waals surface area contributed by atoms with Crippen LogP contribution in [0.2, 0.25) is 0 Å². The van der Waals surface area contributed by atoms with Crippen molar-refractivity contribution in [1.82, 2.24) is 5.32 Å². The molecule has 0 aliphatic rings. The van der Waals surface area contributed by atoms with E-state index in [2.05, 4.69) is 5.32 Å². The van der Waals surface area contributed by atoms with Crippen LogP contribution in [0.3, 0.4) is 0 Å². The Kier molecular flexibility index (Phi) is 3.52. The molecule has 0 saturated carbocycles. The highest BCUT2D eigenvalue weighted by molar-refractivity contribution is 5.98. The summed E-state index contributed by atoms with van der Waals surface area (Å²) in [5, 5.41) is 20.5. The molecule has 3 N–H and O–H groups in total. The van der Waals surface area contributed by atoms with Crippen molar-refractivity contribution in [2.75, 3.05) is 6.61 Å². The normalized spacial score (nSPS) is 12.3. The fourth-order valence-electron chi connectivity index (χ4n) is 1.69. The number of nitrogens with one attached hydrogen (secondary N) is 1. The van der Waals surface area contributed by atoms with Gasteiger partial charge in [-0.25, -0.2) is 4.79 Å². The van der Waals surface area contributed by atoms with Gasteiger partial charge >= 0.3 is 5.97 Å². The molecule has 1 amide bonds. The topological polar surface area (TPSA) is 99.8 Å². The second kappa shape index (κ2) is 5.11. The molecule has 0 spiro atoms. The van der Waals surface area contributed by atoms with Crippen molar-refractivity contribution in [2.24, 2.45) is 0 Å². The monoisotopic (exact) mass is 263 g/mol. The van der Waals surface area contributed by atoms with Crippen LogP contribution in [0.15, 0.2) is 28.7 Å². The Morgan fingerprint density at radius 3 is 2.74 bits per heavy atom. The van der Waals surface area contributed by atoms with Crippen LogP contribution in [0.25, 0.3) is 11.0 Å². The molecule has 0 saturated heterocycles. The van der Waals surface area contributed by atoms with Crippen molar-refractivity contribution in [3.63, 3.8) is 0 Å². The molecule has 1 aromatic heterocycles. The Labute approximate surface area is 108 Å². The standard InChI is InChI=1S/C13H13NO5/c1-7-2-3-10-8(4-7)5-11(19-10)12(16)14-9(6-15)13(17)18/h2-5,9,15H,6H2,1H3,(H,14,16)(H,17,18)/t9-/m1/s1. The highest BCUT2D eigenvalue weighted by atomic mass is 16.4. The number of aryl methyl sites for hydroxylation is 1. The first-order valence-corrected chi connectivity index (χ1v) is 5.66. The van der Waals surface area contributed by atoms with E-state index in [0.29, 0.717) is 5.58 Å². The number of furan rings is 1. The molecule has 2 aromatic rings. The van der Waals surface area contributed by atoms with E-state index in [1.807, 2.05) is 19.1 Å². The number of amides is 1. The van der Waals surface area contributed by atoms with E-state index in [0.717, 1.165) is 10.9 Å². The van der Waals surface area contributed by atoms with Gasteiger partial charge in [-0.15, -0.1) is 0 Å². The Bertz CT molecular complexity index is 631. The maximum atomic E-state index is 11.8. The van der Waals surface area contributed by atoms with Crippen molar-refractivity contribution < 1.29 is 24.2 Å². The lowest BCUT2D eigenvalue weighted by atomic mass is 10.2. The summed E-state index contributed by atoms with van der Waals surface area (Å²) in [6.07, 6.45) is 0. The zero-order valence-corrected chi connectivity index (χ0v) is 10.2. The third-order valence-corrected chi connectivity index (χ3v) is 2.68. The Morgan fingerprint density at radius 2 is 2.11 bits per heavy atom. The first-order valence-electron chi connectivity index (χ1n) is 5.66.